The Morgan fingerprint density at radius 3 is 2.43 bits per heavy atom. The number of benzene rings is 1. The molecular formula is C10H14ClN3O4S3. The Balaban J connectivity index is 2.89. The molecule has 0 spiro atoms. The maximum atomic E-state index is 12.0. The highest BCUT2D eigenvalue weighted by Crippen LogP contribution is 2.20. The molecule has 4 N–H and O–H groups in total. The van der Waals surface area contributed by atoms with Gasteiger partial charge in [-0.05, 0) is 25.2 Å². The molecule has 118 valence electrons. The predicted octanol–water partition coefficient (Wildman–Crippen LogP) is -0.198. The van der Waals surface area contributed by atoms with E-state index in [4.69, 9.17) is 29.6 Å². The van der Waals surface area contributed by atoms with Gasteiger partial charge < -0.3 is 5.73 Å². The molecule has 0 fully saturated rings. The predicted molar refractivity (Wildman–Crippen MR) is 85.4 cm³/mol. The Labute approximate surface area is 134 Å². The molecule has 0 saturated carbocycles. The van der Waals surface area contributed by atoms with Crippen LogP contribution in [-0.2, 0) is 20.0 Å². The van der Waals surface area contributed by atoms with Gasteiger partial charge in [-0.25, -0.2) is 26.3 Å². The van der Waals surface area contributed by atoms with Gasteiger partial charge >= 0.3 is 0 Å². The molecule has 0 bridgehead atoms. The Kier molecular flexibility index (Phi) is 6.08. The molecule has 0 aliphatic carbocycles. The first-order chi connectivity index (χ1) is 9.59. The monoisotopic (exact) mass is 371 g/mol. The molecule has 0 saturated heterocycles. The van der Waals surface area contributed by atoms with Crippen LogP contribution in [-0.4, -0.2) is 41.2 Å². The van der Waals surface area contributed by atoms with Crippen molar-refractivity contribution in [3.8, 4) is 0 Å². The minimum atomic E-state index is -3.87. The lowest BCUT2D eigenvalue weighted by atomic mass is 10.2. The number of rotatable bonds is 7. The zero-order chi connectivity index (χ0) is 16.3. The van der Waals surface area contributed by atoms with Crippen molar-refractivity contribution in [3.05, 3.63) is 28.8 Å². The average molecular weight is 372 g/mol. The summed E-state index contributed by atoms with van der Waals surface area (Å²) in [6.45, 7) is -0.264. The summed E-state index contributed by atoms with van der Waals surface area (Å²) in [7, 11) is -6.11. The van der Waals surface area contributed by atoms with Crippen LogP contribution < -0.4 is 15.2 Å². The Bertz CT molecular complexity index is 747. The summed E-state index contributed by atoms with van der Waals surface area (Å²) in [4.78, 5) is -0.0497. The summed E-state index contributed by atoms with van der Waals surface area (Å²) in [5.41, 5.74) is 5.79. The van der Waals surface area contributed by atoms with E-state index in [9.17, 15) is 16.8 Å². The van der Waals surface area contributed by atoms with Crippen LogP contribution in [0.2, 0.25) is 5.02 Å². The van der Waals surface area contributed by atoms with Crippen LogP contribution in [0.3, 0.4) is 0 Å². The minimum Gasteiger partial charge on any atom is -0.389 e. The number of hydrogen-bond donors (Lipinski definition) is 3. The molecule has 0 aliphatic heterocycles. The fourth-order valence-electron chi connectivity index (χ4n) is 1.36. The van der Waals surface area contributed by atoms with E-state index in [0.717, 1.165) is 0 Å². The molecule has 0 aromatic heterocycles. The Morgan fingerprint density at radius 1 is 1.33 bits per heavy atom. The van der Waals surface area contributed by atoms with Crippen molar-refractivity contribution < 1.29 is 16.8 Å². The van der Waals surface area contributed by atoms with E-state index in [2.05, 4.69) is 9.44 Å². The van der Waals surface area contributed by atoms with Gasteiger partial charge in [-0.2, -0.15) is 0 Å². The van der Waals surface area contributed by atoms with E-state index in [1.165, 1.54) is 25.2 Å². The molecule has 0 unspecified atom stereocenters. The topological polar surface area (TPSA) is 118 Å². The fraction of sp³-hybridized carbons (Fsp3) is 0.300. The summed E-state index contributed by atoms with van der Waals surface area (Å²) in [5.74, 6) is -0.374. The molecule has 21 heavy (non-hydrogen) atoms. The minimum absolute atomic E-state index is 0.0528. The van der Waals surface area contributed by atoms with Crippen molar-refractivity contribution >= 4 is 48.9 Å². The van der Waals surface area contributed by atoms with Gasteiger partial charge in [0, 0.05) is 12.1 Å². The second-order valence-corrected chi connectivity index (χ2v) is 8.59. The number of halogens is 1. The standard InChI is InChI=1S/C10H14ClN3O4S3/c1-13-20(15,16)5-4-14-21(17,18)7-2-3-8(10(12)19)9(11)6-7/h2-3,6,13-14H,4-5H2,1H3,(H2,12,19). The molecular weight excluding hydrogens is 358 g/mol. The molecule has 7 nitrogen and oxygen atoms in total. The first-order valence-electron chi connectivity index (χ1n) is 5.59. The number of nitrogens with two attached hydrogens (primary N) is 1. The molecule has 0 radical (unpaired) electrons. The Morgan fingerprint density at radius 2 is 1.95 bits per heavy atom. The van der Waals surface area contributed by atoms with Crippen molar-refractivity contribution in [2.45, 2.75) is 4.90 Å². The molecule has 1 rings (SSSR count). The fourth-order valence-corrected chi connectivity index (χ4v) is 3.70. The number of thiocarbonyl (C=S) groups is 1. The smallest absolute Gasteiger partial charge is 0.240 e. The third-order valence-corrected chi connectivity index (χ3v) is 5.85. The third kappa shape index (κ3) is 5.16. The zero-order valence-electron chi connectivity index (χ0n) is 11.0. The largest absolute Gasteiger partial charge is 0.389 e. The van der Waals surface area contributed by atoms with Crippen LogP contribution >= 0.6 is 23.8 Å². The summed E-state index contributed by atoms with van der Waals surface area (Å²) in [6.07, 6.45) is 0. The molecule has 1 aromatic rings. The lowest BCUT2D eigenvalue weighted by molar-refractivity contribution is 0.578. The molecule has 0 heterocycles. The van der Waals surface area contributed by atoms with Gasteiger partial charge in [0.05, 0.1) is 15.7 Å². The average Bonchev–Trinajstić information content (AvgIpc) is 2.37. The van der Waals surface area contributed by atoms with Crippen LogP contribution in [0.1, 0.15) is 5.56 Å². The second kappa shape index (κ2) is 6.99. The Hall–Kier alpha value is -0.780. The first kappa shape index (κ1) is 18.3. The van der Waals surface area contributed by atoms with Crippen molar-refractivity contribution in [2.75, 3.05) is 19.3 Å². The van der Waals surface area contributed by atoms with E-state index in [-0.39, 0.29) is 27.2 Å². The van der Waals surface area contributed by atoms with Crippen LogP contribution in [0.25, 0.3) is 0 Å². The normalized spacial score (nSPS) is 12.3. The van der Waals surface area contributed by atoms with Crippen molar-refractivity contribution in [1.82, 2.24) is 9.44 Å². The molecule has 0 amide bonds. The van der Waals surface area contributed by atoms with E-state index >= 15 is 0 Å². The van der Waals surface area contributed by atoms with Gasteiger partial charge in [-0.1, -0.05) is 23.8 Å². The summed E-state index contributed by atoms with van der Waals surface area (Å²) >= 11 is 10.7. The number of sulfonamides is 2. The van der Waals surface area contributed by atoms with Crippen molar-refractivity contribution in [2.24, 2.45) is 5.73 Å². The van der Waals surface area contributed by atoms with Crippen LogP contribution in [0.4, 0.5) is 0 Å². The van der Waals surface area contributed by atoms with Gasteiger partial charge in [-0.3, -0.25) is 0 Å². The van der Waals surface area contributed by atoms with Gasteiger partial charge in [-0.15, -0.1) is 0 Å². The van der Waals surface area contributed by atoms with Crippen molar-refractivity contribution in [1.29, 1.82) is 0 Å². The zero-order valence-corrected chi connectivity index (χ0v) is 14.2. The maximum absolute atomic E-state index is 12.0. The number of hydrogen-bond acceptors (Lipinski definition) is 5. The molecule has 1 aromatic carbocycles. The third-order valence-electron chi connectivity index (χ3n) is 2.49. The first-order valence-corrected chi connectivity index (χ1v) is 9.51. The lowest BCUT2D eigenvalue weighted by Crippen LogP contribution is -2.33. The van der Waals surface area contributed by atoms with Gasteiger partial charge in [0.25, 0.3) is 0 Å². The van der Waals surface area contributed by atoms with Crippen LogP contribution in [0.15, 0.2) is 23.1 Å². The second-order valence-electron chi connectivity index (χ2n) is 3.93. The van der Waals surface area contributed by atoms with Crippen molar-refractivity contribution in [3.63, 3.8) is 0 Å². The van der Waals surface area contributed by atoms with E-state index < -0.39 is 20.0 Å². The van der Waals surface area contributed by atoms with E-state index in [1.807, 2.05) is 0 Å². The summed E-state index contributed by atoms with van der Waals surface area (Å²) in [6, 6.07) is 3.88. The van der Waals surface area contributed by atoms with E-state index in [1.54, 1.807) is 0 Å². The van der Waals surface area contributed by atoms with Crippen LogP contribution in [0.5, 0.6) is 0 Å². The lowest BCUT2D eigenvalue weighted by Gasteiger charge is -2.09. The number of nitrogens with one attached hydrogen (secondary N) is 2. The highest BCUT2D eigenvalue weighted by atomic mass is 35.5. The van der Waals surface area contributed by atoms with Gasteiger partial charge in [0.1, 0.15) is 4.99 Å². The summed E-state index contributed by atoms with van der Waals surface area (Å²) in [5, 5.41) is 0.105. The maximum Gasteiger partial charge on any atom is 0.240 e. The highest BCUT2D eigenvalue weighted by Gasteiger charge is 2.17. The highest BCUT2D eigenvalue weighted by molar-refractivity contribution is 7.90. The van der Waals surface area contributed by atoms with Gasteiger partial charge in [0.2, 0.25) is 20.0 Å². The SMILES string of the molecule is CNS(=O)(=O)CCNS(=O)(=O)c1ccc(C(N)=S)c(Cl)c1. The molecule has 0 atom stereocenters. The van der Waals surface area contributed by atoms with Crippen LogP contribution in [0, 0.1) is 0 Å². The van der Waals surface area contributed by atoms with E-state index in [0.29, 0.717) is 5.56 Å². The molecule has 0 aliphatic rings. The van der Waals surface area contributed by atoms with Gasteiger partial charge in [0.15, 0.2) is 0 Å². The molecule has 11 heteroatoms. The summed E-state index contributed by atoms with van der Waals surface area (Å²) < 4.78 is 50.6. The quantitative estimate of drug-likeness (QED) is 0.571.